The van der Waals surface area contributed by atoms with Gasteiger partial charge in [0.1, 0.15) is 6.61 Å². The summed E-state index contributed by atoms with van der Waals surface area (Å²) in [5.41, 5.74) is 1.11. The first-order valence-electron chi connectivity index (χ1n) is 8.24. The average molecular weight is 321 g/mol. The van der Waals surface area contributed by atoms with Crippen molar-refractivity contribution >= 4 is 11.8 Å². The minimum atomic E-state index is -0.168. The van der Waals surface area contributed by atoms with Crippen molar-refractivity contribution in [2.24, 2.45) is 0 Å². The molecular weight excluding hydrogens is 294 g/mol. The van der Waals surface area contributed by atoms with Gasteiger partial charge in [0, 0.05) is 39.0 Å². The number of likely N-dealkylation sites (N-methyl/N-ethyl adjacent to an activating group) is 1. The zero-order chi connectivity index (χ0) is 16.8. The normalized spacial score (nSPS) is 17.5. The van der Waals surface area contributed by atoms with Gasteiger partial charge in [-0.2, -0.15) is 0 Å². The smallest absolute Gasteiger partial charge is 0.248 e. The molecule has 0 aliphatic carbocycles. The fourth-order valence-electron chi connectivity index (χ4n) is 2.65. The van der Waals surface area contributed by atoms with Gasteiger partial charge in [0.25, 0.3) is 0 Å². The number of nitrogens with zero attached hydrogens (tertiary/aromatic N) is 3. The van der Waals surface area contributed by atoms with Gasteiger partial charge in [0.05, 0.1) is 19.2 Å². The third-order valence-corrected chi connectivity index (χ3v) is 4.14. The fourth-order valence-corrected chi connectivity index (χ4v) is 2.65. The molecule has 0 fully saturated rings. The molecule has 0 aromatic carbocycles. The highest BCUT2D eigenvalue weighted by Crippen LogP contribution is 2.17. The summed E-state index contributed by atoms with van der Waals surface area (Å²) in [7, 11) is 3.42. The van der Waals surface area contributed by atoms with E-state index >= 15 is 0 Å². The van der Waals surface area contributed by atoms with Gasteiger partial charge in [0.15, 0.2) is 0 Å². The molecule has 0 bridgehead atoms. The number of carbonyl (C=O) groups excluding carboxylic acids is 2. The molecular formula is C17H27N3O3. The number of rotatable bonds is 6. The maximum absolute atomic E-state index is 12.4. The van der Waals surface area contributed by atoms with Crippen molar-refractivity contribution in [2.45, 2.75) is 45.4 Å². The molecule has 6 nitrogen and oxygen atoms in total. The molecule has 23 heavy (non-hydrogen) atoms. The Bertz CT molecular complexity index is 539. The van der Waals surface area contributed by atoms with Crippen LogP contribution in [0.5, 0.6) is 0 Å². The molecule has 0 radical (unpaired) electrons. The number of amides is 2. The summed E-state index contributed by atoms with van der Waals surface area (Å²) in [6, 6.07) is 4.02. The summed E-state index contributed by atoms with van der Waals surface area (Å²) in [4.78, 5) is 27.5. The molecule has 0 unspecified atom stereocenters. The van der Waals surface area contributed by atoms with Gasteiger partial charge < -0.3 is 19.1 Å². The van der Waals surface area contributed by atoms with Crippen LogP contribution >= 0.6 is 0 Å². The molecule has 1 aromatic heterocycles. The SMILES string of the molecule is CCCCC(=O)N1Cc2cccn2C[C@@H](OCC(=O)N(C)C)C1. The Balaban J connectivity index is 2.04. The van der Waals surface area contributed by atoms with E-state index in [0.29, 0.717) is 26.1 Å². The van der Waals surface area contributed by atoms with Gasteiger partial charge in [-0.15, -0.1) is 0 Å². The summed E-state index contributed by atoms with van der Waals surface area (Å²) >= 11 is 0. The third-order valence-electron chi connectivity index (χ3n) is 4.14. The number of unbranched alkanes of at least 4 members (excludes halogenated alkanes) is 1. The summed E-state index contributed by atoms with van der Waals surface area (Å²) in [5.74, 6) is 0.0971. The lowest BCUT2D eigenvalue weighted by molar-refractivity contribution is -0.138. The highest BCUT2D eigenvalue weighted by Gasteiger charge is 2.25. The summed E-state index contributed by atoms with van der Waals surface area (Å²) in [5, 5.41) is 0. The van der Waals surface area contributed by atoms with E-state index in [4.69, 9.17) is 4.74 Å². The van der Waals surface area contributed by atoms with E-state index in [9.17, 15) is 9.59 Å². The van der Waals surface area contributed by atoms with Crippen LogP contribution in [-0.4, -0.2) is 59.5 Å². The molecule has 1 atom stereocenters. The molecule has 0 N–H and O–H groups in total. The highest BCUT2D eigenvalue weighted by atomic mass is 16.5. The number of ether oxygens (including phenoxy) is 1. The van der Waals surface area contributed by atoms with Crippen LogP contribution in [0.4, 0.5) is 0 Å². The second kappa shape index (κ2) is 8.15. The molecule has 1 aromatic rings. The Labute approximate surface area is 138 Å². The van der Waals surface area contributed by atoms with Crippen molar-refractivity contribution in [1.82, 2.24) is 14.4 Å². The first-order chi connectivity index (χ1) is 11.0. The molecule has 0 spiro atoms. The number of fused-ring (bicyclic) bond motifs is 1. The predicted molar refractivity (Wildman–Crippen MR) is 87.8 cm³/mol. The van der Waals surface area contributed by atoms with Crippen LogP contribution in [-0.2, 0) is 27.4 Å². The molecule has 2 amide bonds. The predicted octanol–water partition coefficient (Wildman–Crippen LogP) is 1.49. The van der Waals surface area contributed by atoms with E-state index in [1.807, 2.05) is 23.2 Å². The Morgan fingerprint density at radius 3 is 2.83 bits per heavy atom. The molecule has 1 aliphatic heterocycles. The van der Waals surface area contributed by atoms with Crippen LogP contribution in [0.1, 0.15) is 31.9 Å². The number of carbonyl (C=O) groups is 2. The molecule has 0 saturated carbocycles. The van der Waals surface area contributed by atoms with Crippen LogP contribution in [0.15, 0.2) is 18.3 Å². The van der Waals surface area contributed by atoms with Gasteiger partial charge >= 0.3 is 0 Å². The van der Waals surface area contributed by atoms with Crippen molar-refractivity contribution < 1.29 is 14.3 Å². The van der Waals surface area contributed by atoms with Crippen molar-refractivity contribution in [3.05, 3.63) is 24.0 Å². The monoisotopic (exact) mass is 321 g/mol. The van der Waals surface area contributed by atoms with E-state index in [1.165, 1.54) is 4.90 Å². The van der Waals surface area contributed by atoms with E-state index in [-0.39, 0.29) is 24.5 Å². The lowest BCUT2D eigenvalue weighted by Gasteiger charge is -2.24. The highest BCUT2D eigenvalue weighted by molar-refractivity contribution is 5.77. The number of aromatic nitrogens is 1. The van der Waals surface area contributed by atoms with Crippen molar-refractivity contribution in [3.8, 4) is 0 Å². The average Bonchev–Trinajstić information content (AvgIpc) is 2.88. The molecule has 1 aliphatic rings. The Hall–Kier alpha value is -1.82. The zero-order valence-corrected chi connectivity index (χ0v) is 14.3. The number of hydrogen-bond acceptors (Lipinski definition) is 3. The molecule has 6 heteroatoms. The van der Waals surface area contributed by atoms with E-state index in [2.05, 4.69) is 11.5 Å². The topological polar surface area (TPSA) is 54.8 Å². The molecule has 2 heterocycles. The van der Waals surface area contributed by atoms with Gasteiger partial charge in [-0.25, -0.2) is 0 Å². The van der Waals surface area contributed by atoms with Crippen LogP contribution in [0, 0.1) is 0 Å². The van der Waals surface area contributed by atoms with E-state index in [1.54, 1.807) is 14.1 Å². The molecule has 2 rings (SSSR count). The molecule has 128 valence electrons. The Morgan fingerprint density at radius 1 is 1.35 bits per heavy atom. The minimum absolute atomic E-state index is 0.0469. The standard InChI is InChI=1S/C17H27N3O3/c1-4-5-8-16(21)20-10-14-7-6-9-19(14)11-15(12-20)23-13-17(22)18(2)3/h6-7,9,15H,4-5,8,10-13H2,1-3H3/t15-/m1/s1. The van der Waals surface area contributed by atoms with Gasteiger partial charge in [-0.05, 0) is 18.6 Å². The fraction of sp³-hybridized carbons (Fsp3) is 0.647. The summed E-state index contributed by atoms with van der Waals surface area (Å²) in [6.45, 7) is 3.94. The lowest BCUT2D eigenvalue weighted by atomic mass is 10.2. The van der Waals surface area contributed by atoms with Gasteiger partial charge in [-0.3, -0.25) is 9.59 Å². The van der Waals surface area contributed by atoms with Crippen LogP contribution in [0.2, 0.25) is 0 Å². The minimum Gasteiger partial charge on any atom is -0.365 e. The van der Waals surface area contributed by atoms with Crippen LogP contribution < -0.4 is 0 Å². The van der Waals surface area contributed by atoms with Crippen LogP contribution in [0.3, 0.4) is 0 Å². The quantitative estimate of drug-likeness (QED) is 0.798. The zero-order valence-electron chi connectivity index (χ0n) is 14.3. The largest absolute Gasteiger partial charge is 0.365 e. The number of hydrogen-bond donors (Lipinski definition) is 0. The van der Waals surface area contributed by atoms with E-state index < -0.39 is 0 Å². The van der Waals surface area contributed by atoms with Crippen molar-refractivity contribution in [3.63, 3.8) is 0 Å². The first-order valence-corrected chi connectivity index (χ1v) is 8.24. The Morgan fingerprint density at radius 2 is 2.13 bits per heavy atom. The van der Waals surface area contributed by atoms with Gasteiger partial charge in [-0.1, -0.05) is 13.3 Å². The second-order valence-electron chi connectivity index (χ2n) is 6.25. The third kappa shape index (κ3) is 4.82. The van der Waals surface area contributed by atoms with E-state index in [0.717, 1.165) is 18.5 Å². The summed E-state index contributed by atoms with van der Waals surface area (Å²) < 4.78 is 7.90. The van der Waals surface area contributed by atoms with Crippen molar-refractivity contribution in [1.29, 1.82) is 0 Å². The van der Waals surface area contributed by atoms with Gasteiger partial charge in [0.2, 0.25) is 11.8 Å². The lowest BCUT2D eigenvalue weighted by Crippen LogP contribution is -2.39. The summed E-state index contributed by atoms with van der Waals surface area (Å²) in [6.07, 6.45) is 4.31. The maximum atomic E-state index is 12.4. The van der Waals surface area contributed by atoms with Crippen molar-refractivity contribution in [2.75, 3.05) is 27.2 Å². The first kappa shape index (κ1) is 17.5. The molecule has 0 saturated heterocycles. The maximum Gasteiger partial charge on any atom is 0.248 e. The van der Waals surface area contributed by atoms with Crippen LogP contribution in [0.25, 0.3) is 0 Å². The Kier molecular flexibility index (Phi) is 6.21. The second-order valence-corrected chi connectivity index (χ2v) is 6.25.